The summed E-state index contributed by atoms with van der Waals surface area (Å²) in [6.45, 7) is 6.91. The van der Waals surface area contributed by atoms with Crippen molar-refractivity contribution in [2.24, 2.45) is 0 Å². The molecule has 0 unspecified atom stereocenters. The molecule has 0 N–H and O–H groups in total. The van der Waals surface area contributed by atoms with Crippen LogP contribution < -0.4 is 0 Å². The van der Waals surface area contributed by atoms with Gasteiger partial charge in [-0.2, -0.15) is 0 Å². The number of benzene rings is 2. The third-order valence-electron chi connectivity index (χ3n) is 4.36. The summed E-state index contributed by atoms with van der Waals surface area (Å²) < 4.78 is 11.1. The Morgan fingerprint density at radius 1 is 0.783 bits per heavy atom. The maximum absolute atomic E-state index is 6.29. The summed E-state index contributed by atoms with van der Waals surface area (Å²) >= 11 is 0. The molecule has 124 valence electrons. The molecule has 0 atom stereocenters. The highest BCUT2D eigenvalue weighted by Gasteiger charge is 2.39. The zero-order chi connectivity index (χ0) is 16.7. The fourth-order valence-corrected chi connectivity index (χ4v) is 5.32. The Morgan fingerprint density at radius 2 is 1.17 bits per heavy atom. The summed E-state index contributed by atoms with van der Waals surface area (Å²) in [7, 11) is 2.20. The lowest BCUT2D eigenvalue weighted by Crippen LogP contribution is -2.62. The number of hydrogen-bond acceptors (Lipinski definition) is 3. The van der Waals surface area contributed by atoms with E-state index < -0.39 is 8.64 Å². The first-order chi connectivity index (χ1) is 11.1. The molecule has 0 radical (unpaired) electrons. The van der Waals surface area contributed by atoms with Crippen LogP contribution in [0.4, 0.5) is 0 Å². The zero-order valence-electron chi connectivity index (χ0n) is 14.7. The molecule has 0 bridgehead atoms. The van der Waals surface area contributed by atoms with E-state index in [1.165, 1.54) is 11.1 Å². The minimum atomic E-state index is -2.16. The summed E-state index contributed by atoms with van der Waals surface area (Å²) in [6, 6.07) is 21.2. The first-order valence-corrected chi connectivity index (χ1v) is 10.5. The van der Waals surface area contributed by atoms with E-state index in [-0.39, 0.29) is 0 Å². The quantitative estimate of drug-likeness (QED) is 0.685. The van der Waals surface area contributed by atoms with Crippen molar-refractivity contribution in [3.8, 4) is 0 Å². The second kappa shape index (κ2) is 8.41. The fourth-order valence-electron chi connectivity index (χ4n) is 2.79. The predicted octanol–water partition coefficient (Wildman–Crippen LogP) is 3.86. The molecule has 0 amide bonds. The van der Waals surface area contributed by atoms with E-state index in [0.717, 1.165) is 19.7 Å². The summed E-state index contributed by atoms with van der Waals surface area (Å²) in [5.74, 6) is 0. The summed E-state index contributed by atoms with van der Waals surface area (Å²) in [5.41, 5.74) is 2.64. The fraction of sp³-hybridized carbons (Fsp3) is 0.368. The van der Waals surface area contributed by atoms with Gasteiger partial charge in [0.2, 0.25) is 0 Å². The van der Waals surface area contributed by atoms with Crippen molar-refractivity contribution < 1.29 is 4.43 Å². The molecule has 0 fully saturated rings. The third kappa shape index (κ3) is 4.75. The van der Waals surface area contributed by atoms with E-state index >= 15 is 0 Å². The molecule has 0 heterocycles. The Labute approximate surface area is 141 Å². The molecule has 3 nitrogen and oxygen atoms in total. The molecule has 0 saturated carbocycles. The molecule has 0 aliphatic heterocycles. The maximum Gasteiger partial charge on any atom is 0.354 e. The van der Waals surface area contributed by atoms with E-state index in [9.17, 15) is 0 Å². The van der Waals surface area contributed by atoms with Crippen molar-refractivity contribution in [1.29, 1.82) is 0 Å². The molecular formula is C19H28N2OSi. The van der Waals surface area contributed by atoms with Crippen LogP contribution in [0, 0.1) is 0 Å². The molecule has 0 saturated heterocycles. The highest BCUT2D eigenvalue weighted by atomic mass is 28.4. The Bertz CT molecular complexity index is 529. The molecule has 0 spiro atoms. The first kappa shape index (κ1) is 17.9. The largest absolute Gasteiger partial charge is 0.392 e. The summed E-state index contributed by atoms with van der Waals surface area (Å²) in [4.78, 5) is 0. The molecule has 2 aromatic carbocycles. The molecule has 0 aliphatic rings. The zero-order valence-corrected chi connectivity index (χ0v) is 15.7. The lowest BCUT2D eigenvalue weighted by Gasteiger charge is -2.42. The van der Waals surface area contributed by atoms with Crippen LogP contribution in [0.5, 0.6) is 0 Å². The van der Waals surface area contributed by atoms with Gasteiger partial charge in [0.05, 0.1) is 0 Å². The average Bonchev–Trinajstić information content (AvgIpc) is 2.56. The highest BCUT2D eigenvalue weighted by molar-refractivity contribution is 6.66. The van der Waals surface area contributed by atoms with Crippen LogP contribution in [-0.2, 0) is 17.5 Å². The number of nitrogens with zero attached hydrogens (tertiary/aromatic N) is 2. The molecule has 0 aromatic heterocycles. The molecule has 23 heavy (non-hydrogen) atoms. The Balaban J connectivity index is 2.12. The SMILES string of the molecule is CCO[Si](C)(N(C)Cc1ccccc1)N(C)Cc1ccccc1. The van der Waals surface area contributed by atoms with E-state index in [0.29, 0.717) is 0 Å². The number of hydrogen-bond donors (Lipinski definition) is 0. The minimum absolute atomic E-state index is 0.737. The second-order valence-electron chi connectivity index (χ2n) is 6.05. The van der Waals surface area contributed by atoms with Crippen LogP contribution in [0.2, 0.25) is 6.55 Å². The number of rotatable bonds is 8. The van der Waals surface area contributed by atoms with Crippen molar-refractivity contribution in [2.75, 3.05) is 20.7 Å². The van der Waals surface area contributed by atoms with Gasteiger partial charge >= 0.3 is 8.64 Å². The molecule has 2 rings (SSSR count). The van der Waals surface area contributed by atoms with Gasteiger partial charge in [0, 0.05) is 19.7 Å². The van der Waals surface area contributed by atoms with Gasteiger partial charge in [-0.05, 0) is 38.7 Å². The van der Waals surface area contributed by atoms with E-state index in [4.69, 9.17) is 4.43 Å². The Kier molecular flexibility index (Phi) is 6.54. The van der Waals surface area contributed by atoms with Crippen molar-refractivity contribution >= 4 is 8.64 Å². The summed E-state index contributed by atoms with van der Waals surface area (Å²) in [6.07, 6.45) is 0. The predicted molar refractivity (Wildman–Crippen MR) is 99.1 cm³/mol. The van der Waals surface area contributed by atoms with Crippen molar-refractivity contribution in [3.63, 3.8) is 0 Å². The molecular weight excluding hydrogens is 300 g/mol. The van der Waals surface area contributed by atoms with Crippen molar-refractivity contribution in [2.45, 2.75) is 26.6 Å². The van der Waals surface area contributed by atoms with Crippen LogP contribution in [0.15, 0.2) is 60.7 Å². The van der Waals surface area contributed by atoms with Gasteiger partial charge in [0.15, 0.2) is 0 Å². The lowest BCUT2D eigenvalue weighted by molar-refractivity contribution is 0.201. The molecule has 2 aromatic rings. The van der Waals surface area contributed by atoms with Gasteiger partial charge in [-0.3, -0.25) is 9.13 Å². The second-order valence-corrected chi connectivity index (χ2v) is 9.73. The van der Waals surface area contributed by atoms with Gasteiger partial charge in [-0.1, -0.05) is 60.7 Å². The van der Waals surface area contributed by atoms with Crippen LogP contribution in [0.1, 0.15) is 18.1 Å². The molecule has 0 aliphatic carbocycles. The standard InChI is InChI=1S/C19H28N2OSi/c1-5-22-23(4,20(2)16-18-12-8-6-9-13-18)21(3)17-19-14-10-7-11-15-19/h6-15H,5,16-17H2,1-4H3. The Morgan fingerprint density at radius 3 is 1.52 bits per heavy atom. The smallest absolute Gasteiger partial charge is 0.354 e. The van der Waals surface area contributed by atoms with Crippen LogP contribution in [-0.4, -0.2) is 38.5 Å². The average molecular weight is 329 g/mol. The minimum Gasteiger partial charge on any atom is -0.392 e. The van der Waals surface area contributed by atoms with Gasteiger partial charge in [-0.15, -0.1) is 0 Å². The lowest BCUT2D eigenvalue weighted by atomic mass is 10.2. The topological polar surface area (TPSA) is 15.7 Å². The Hall–Kier alpha value is -1.46. The van der Waals surface area contributed by atoms with E-state index in [2.05, 4.69) is 97.4 Å². The van der Waals surface area contributed by atoms with Crippen LogP contribution in [0.3, 0.4) is 0 Å². The third-order valence-corrected chi connectivity index (χ3v) is 8.34. The molecule has 4 heteroatoms. The van der Waals surface area contributed by atoms with E-state index in [1.54, 1.807) is 0 Å². The van der Waals surface area contributed by atoms with Gasteiger partial charge in [0.25, 0.3) is 0 Å². The van der Waals surface area contributed by atoms with Crippen molar-refractivity contribution in [1.82, 2.24) is 9.13 Å². The van der Waals surface area contributed by atoms with E-state index in [1.807, 2.05) is 0 Å². The van der Waals surface area contributed by atoms with Gasteiger partial charge in [0.1, 0.15) is 0 Å². The van der Waals surface area contributed by atoms with Crippen LogP contribution in [0.25, 0.3) is 0 Å². The normalized spacial score (nSPS) is 12.1. The van der Waals surface area contributed by atoms with Gasteiger partial charge < -0.3 is 4.43 Å². The van der Waals surface area contributed by atoms with Crippen LogP contribution >= 0.6 is 0 Å². The maximum atomic E-state index is 6.29. The summed E-state index contributed by atoms with van der Waals surface area (Å²) in [5, 5.41) is 0. The monoisotopic (exact) mass is 328 g/mol. The highest BCUT2D eigenvalue weighted by Crippen LogP contribution is 2.19. The van der Waals surface area contributed by atoms with Crippen molar-refractivity contribution in [3.05, 3.63) is 71.8 Å². The first-order valence-electron chi connectivity index (χ1n) is 8.20. The van der Waals surface area contributed by atoms with Gasteiger partial charge in [-0.25, -0.2) is 0 Å².